The predicted molar refractivity (Wildman–Crippen MR) is 57.4 cm³/mol. The van der Waals surface area contributed by atoms with E-state index in [4.69, 9.17) is 4.74 Å². The molecule has 16 heavy (non-hydrogen) atoms. The third kappa shape index (κ3) is 0.467. The van der Waals surface area contributed by atoms with Gasteiger partial charge in [0, 0.05) is 11.0 Å². The second-order valence-corrected chi connectivity index (χ2v) is 6.27. The minimum Gasteiger partial charge on any atom is -0.461 e. The fraction of sp³-hybridized carbons (Fsp3) is 0.643. The monoisotopic (exact) mass is 214 g/mol. The van der Waals surface area contributed by atoms with Gasteiger partial charge in [0.15, 0.2) is 0 Å². The van der Waals surface area contributed by atoms with Gasteiger partial charge in [0.2, 0.25) is 0 Å². The van der Waals surface area contributed by atoms with Crippen LogP contribution in [0.25, 0.3) is 0 Å². The molecule has 0 amide bonds. The van der Waals surface area contributed by atoms with Gasteiger partial charge in [-0.3, -0.25) is 0 Å². The Bertz CT molecular complexity index is 477. The number of ether oxygens (including phenoxy) is 1. The molecule has 2 heteroatoms. The van der Waals surface area contributed by atoms with Crippen LogP contribution in [-0.4, -0.2) is 12.6 Å². The first-order chi connectivity index (χ1) is 7.76. The van der Waals surface area contributed by atoms with E-state index in [2.05, 4.69) is 18.2 Å². The van der Waals surface area contributed by atoms with Gasteiger partial charge in [0.25, 0.3) is 0 Å². The Labute approximate surface area is 94.4 Å². The molecular weight excluding hydrogens is 200 g/mol. The van der Waals surface area contributed by atoms with Crippen LogP contribution in [0.4, 0.5) is 0 Å². The molecule has 2 nitrogen and oxygen atoms in total. The number of esters is 1. The van der Waals surface area contributed by atoms with Crippen LogP contribution >= 0.6 is 0 Å². The van der Waals surface area contributed by atoms with Gasteiger partial charge in [0.1, 0.15) is 6.61 Å². The van der Waals surface area contributed by atoms with Gasteiger partial charge >= 0.3 is 5.97 Å². The van der Waals surface area contributed by atoms with E-state index in [-0.39, 0.29) is 11.4 Å². The third-order valence-corrected chi connectivity index (χ3v) is 6.31. The Morgan fingerprint density at radius 2 is 1.88 bits per heavy atom. The summed E-state index contributed by atoms with van der Waals surface area (Å²) in [6.07, 6.45) is 11.9. The van der Waals surface area contributed by atoms with Gasteiger partial charge < -0.3 is 4.74 Å². The smallest absolute Gasteiger partial charge is 0.334 e. The summed E-state index contributed by atoms with van der Waals surface area (Å²) in [5.41, 5.74) is 2.01. The third-order valence-electron chi connectivity index (χ3n) is 6.31. The normalized spacial score (nSPS) is 58.9. The molecule has 0 N–H and O–H groups in total. The molecule has 5 aliphatic carbocycles. The molecule has 2 atom stereocenters. The van der Waals surface area contributed by atoms with E-state index in [9.17, 15) is 4.79 Å². The minimum atomic E-state index is -0.0162. The molecule has 1 aliphatic heterocycles. The maximum atomic E-state index is 11.8. The first-order valence-electron chi connectivity index (χ1n) is 6.30. The van der Waals surface area contributed by atoms with E-state index in [0.29, 0.717) is 23.4 Å². The van der Waals surface area contributed by atoms with Crippen molar-refractivity contribution in [1.29, 1.82) is 0 Å². The second-order valence-electron chi connectivity index (χ2n) is 6.27. The molecule has 6 aliphatic rings. The molecule has 0 radical (unpaired) electrons. The van der Waals surface area contributed by atoms with Gasteiger partial charge in [-0.15, -0.1) is 0 Å². The van der Waals surface area contributed by atoms with Crippen molar-refractivity contribution < 1.29 is 9.53 Å². The van der Waals surface area contributed by atoms with Crippen molar-refractivity contribution in [2.24, 2.45) is 22.2 Å². The zero-order valence-corrected chi connectivity index (χ0v) is 9.16. The van der Waals surface area contributed by atoms with Gasteiger partial charge in [0.05, 0.1) is 0 Å². The van der Waals surface area contributed by atoms with E-state index in [1.165, 1.54) is 25.7 Å². The number of allylic oxidation sites excluding steroid dienone is 3. The molecule has 1 heterocycles. The lowest BCUT2D eigenvalue weighted by molar-refractivity contribution is -0.135. The van der Waals surface area contributed by atoms with Crippen LogP contribution in [-0.2, 0) is 9.53 Å². The Hall–Kier alpha value is -1.05. The van der Waals surface area contributed by atoms with E-state index in [1.807, 2.05) is 0 Å². The van der Waals surface area contributed by atoms with Gasteiger partial charge in [-0.2, -0.15) is 0 Å². The number of hydrogen-bond donors (Lipinski definition) is 0. The summed E-state index contributed by atoms with van der Waals surface area (Å²) in [7, 11) is 0. The highest BCUT2D eigenvalue weighted by Gasteiger charge is 2.92. The molecule has 82 valence electrons. The maximum absolute atomic E-state index is 11.8. The van der Waals surface area contributed by atoms with Crippen molar-refractivity contribution in [2.75, 3.05) is 6.61 Å². The Kier molecular flexibility index (Phi) is 0.970. The molecule has 3 fully saturated rings. The van der Waals surface area contributed by atoms with Crippen LogP contribution in [0.5, 0.6) is 0 Å². The lowest BCUT2D eigenvalue weighted by Gasteiger charge is -2.29. The fourth-order valence-corrected chi connectivity index (χ4v) is 5.97. The number of carbonyl (C=O) groups is 1. The Morgan fingerprint density at radius 3 is 2.56 bits per heavy atom. The number of carbonyl (C=O) groups excluding carboxylic acids is 1. The molecule has 0 aromatic heterocycles. The molecule has 2 saturated carbocycles. The van der Waals surface area contributed by atoms with Crippen molar-refractivity contribution in [1.82, 2.24) is 0 Å². The van der Waals surface area contributed by atoms with Crippen molar-refractivity contribution in [2.45, 2.75) is 25.7 Å². The molecular formula is C14H14O2. The standard InChI is InChI=1S/C14H14O2/c15-11-10-5-9-6-12-3-1-2-4-13(12,7-9)14(10,12)8-16-11/h1-2,5,9H,3-4,6-8H2. The Balaban J connectivity index is 1.83. The lowest BCUT2D eigenvalue weighted by Crippen LogP contribution is -2.27. The van der Waals surface area contributed by atoms with E-state index in [0.717, 1.165) is 5.57 Å². The quantitative estimate of drug-likeness (QED) is 0.456. The summed E-state index contributed by atoms with van der Waals surface area (Å²) in [6, 6.07) is 0. The van der Waals surface area contributed by atoms with E-state index >= 15 is 0 Å². The van der Waals surface area contributed by atoms with Gasteiger partial charge in [-0.1, -0.05) is 18.2 Å². The molecule has 6 rings (SSSR count). The van der Waals surface area contributed by atoms with Gasteiger partial charge in [-0.25, -0.2) is 4.79 Å². The van der Waals surface area contributed by atoms with E-state index < -0.39 is 0 Å². The Morgan fingerprint density at radius 1 is 1.19 bits per heavy atom. The van der Waals surface area contributed by atoms with Crippen molar-refractivity contribution in [3.8, 4) is 0 Å². The van der Waals surface area contributed by atoms with Crippen LogP contribution in [0, 0.1) is 22.2 Å². The van der Waals surface area contributed by atoms with Crippen LogP contribution in [0.3, 0.4) is 0 Å². The number of rotatable bonds is 0. The summed E-state index contributed by atoms with van der Waals surface area (Å²) < 4.78 is 5.39. The van der Waals surface area contributed by atoms with E-state index in [1.54, 1.807) is 0 Å². The largest absolute Gasteiger partial charge is 0.461 e. The topological polar surface area (TPSA) is 26.3 Å². The highest BCUT2D eigenvalue weighted by atomic mass is 16.5. The van der Waals surface area contributed by atoms with Crippen LogP contribution in [0.15, 0.2) is 23.8 Å². The van der Waals surface area contributed by atoms with Crippen molar-refractivity contribution in [3.63, 3.8) is 0 Å². The first-order valence-corrected chi connectivity index (χ1v) is 6.30. The molecule has 1 saturated heterocycles. The summed E-state index contributed by atoms with van der Waals surface area (Å²) in [5.74, 6) is 0.639. The number of hydrogen-bond acceptors (Lipinski definition) is 2. The first kappa shape index (κ1) is 8.10. The zero-order chi connectivity index (χ0) is 10.6. The second kappa shape index (κ2) is 1.92. The highest BCUT2D eigenvalue weighted by Crippen LogP contribution is 2.95. The fourth-order valence-electron chi connectivity index (χ4n) is 5.97. The van der Waals surface area contributed by atoms with Crippen molar-refractivity contribution in [3.05, 3.63) is 23.8 Å². The van der Waals surface area contributed by atoms with Crippen LogP contribution < -0.4 is 0 Å². The van der Waals surface area contributed by atoms with Gasteiger partial charge in [-0.05, 0) is 42.4 Å². The summed E-state index contributed by atoms with van der Waals surface area (Å²) in [6.45, 7) is 0.673. The highest BCUT2D eigenvalue weighted by molar-refractivity contribution is 5.95. The minimum absolute atomic E-state index is 0.0162. The zero-order valence-electron chi connectivity index (χ0n) is 9.16. The molecule has 4 bridgehead atoms. The summed E-state index contributed by atoms with van der Waals surface area (Å²) in [5, 5.41) is 0. The SMILES string of the molecule is O=C1OCC23C1=CC1CC24CC=CCC43C1. The van der Waals surface area contributed by atoms with Crippen molar-refractivity contribution >= 4 is 5.97 Å². The predicted octanol–water partition coefficient (Wildman–Crippen LogP) is 2.22. The van der Waals surface area contributed by atoms with Crippen LogP contribution in [0.2, 0.25) is 0 Å². The summed E-state index contributed by atoms with van der Waals surface area (Å²) in [4.78, 5) is 11.8. The lowest BCUT2D eigenvalue weighted by atomic mass is 9.71. The van der Waals surface area contributed by atoms with Crippen LogP contribution in [0.1, 0.15) is 25.7 Å². The molecule has 3 spiro atoms. The molecule has 2 unspecified atom stereocenters. The number of cyclic esters (lactones) is 1. The molecule has 0 aromatic carbocycles. The maximum Gasteiger partial charge on any atom is 0.334 e. The average Bonchev–Trinajstić information content (AvgIpc) is 2.56. The summed E-state index contributed by atoms with van der Waals surface area (Å²) >= 11 is 0. The molecule has 0 aromatic rings. The average molecular weight is 214 g/mol.